The summed E-state index contributed by atoms with van der Waals surface area (Å²) in [5.74, 6) is -0.249. The number of nitriles is 1. The predicted octanol–water partition coefficient (Wildman–Crippen LogP) is 4.47. The van der Waals surface area contributed by atoms with Gasteiger partial charge in [-0.2, -0.15) is 5.26 Å². The molecule has 2 rings (SSSR count). The van der Waals surface area contributed by atoms with Gasteiger partial charge in [0.15, 0.2) is 0 Å². The van der Waals surface area contributed by atoms with Gasteiger partial charge >= 0.3 is 0 Å². The summed E-state index contributed by atoms with van der Waals surface area (Å²) >= 11 is 3.14. The normalized spacial score (nSPS) is 24.1. The second-order valence-corrected chi connectivity index (χ2v) is 5.61. The molecule has 1 fully saturated rings. The maximum atomic E-state index is 13.4. The van der Waals surface area contributed by atoms with Crippen LogP contribution in [0, 0.1) is 23.1 Å². The van der Waals surface area contributed by atoms with E-state index in [9.17, 15) is 9.65 Å². The van der Waals surface area contributed by atoms with E-state index in [1.807, 2.05) is 6.07 Å². The van der Waals surface area contributed by atoms with E-state index in [1.165, 1.54) is 12.5 Å². The molecule has 0 amide bonds. The van der Waals surface area contributed by atoms with Crippen LogP contribution in [0.3, 0.4) is 0 Å². The lowest BCUT2D eigenvalue weighted by Gasteiger charge is -2.22. The second-order valence-electron chi connectivity index (χ2n) is 4.75. The van der Waals surface area contributed by atoms with E-state index < -0.39 is 0 Å². The fourth-order valence-electron chi connectivity index (χ4n) is 2.43. The van der Waals surface area contributed by atoms with Crippen molar-refractivity contribution in [1.29, 1.82) is 5.26 Å². The van der Waals surface area contributed by atoms with Gasteiger partial charge in [0.2, 0.25) is 0 Å². The number of benzene rings is 1. The van der Waals surface area contributed by atoms with Crippen LogP contribution < -0.4 is 5.32 Å². The van der Waals surface area contributed by atoms with Crippen LogP contribution in [0.1, 0.15) is 32.1 Å². The molecule has 2 unspecified atom stereocenters. The lowest BCUT2D eigenvalue weighted by molar-refractivity contribution is 0.513. The summed E-state index contributed by atoms with van der Waals surface area (Å²) in [6.07, 6.45) is 5.36. The Hall–Kier alpha value is -1.08. The Kier molecular flexibility index (Phi) is 4.60. The highest BCUT2D eigenvalue weighted by Crippen LogP contribution is 2.27. The Balaban J connectivity index is 2.10. The number of nitrogens with one attached hydrogen (secondary N) is 1. The van der Waals surface area contributed by atoms with E-state index in [1.54, 1.807) is 6.07 Å². The molecular weight excluding hydrogens is 295 g/mol. The molecule has 0 heterocycles. The van der Waals surface area contributed by atoms with Gasteiger partial charge in [0.1, 0.15) is 5.82 Å². The monoisotopic (exact) mass is 310 g/mol. The molecule has 1 aromatic carbocycles. The number of rotatable bonds is 2. The maximum absolute atomic E-state index is 13.4. The van der Waals surface area contributed by atoms with Gasteiger partial charge in [-0.3, -0.25) is 0 Å². The van der Waals surface area contributed by atoms with Gasteiger partial charge in [0.25, 0.3) is 0 Å². The smallest absolute Gasteiger partial charge is 0.139 e. The van der Waals surface area contributed by atoms with Crippen molar-refractivity contribution in [3.05, 3.63) is 28.5 Å². The van der Waals surface area contributed by atoms with Crippen molar-refractivity contribution < 1.29 is 4.39 Å². The van der Waals surface area contributed by atoms with E-state index in [0.717, 1.165) is 31.4 Å². The average Bonchev–Trinajstić information content (AvgIpc) is 2.59. The zero-order valence-electron chi connectivity index (χ0n) is 10.1. The number of hydrogen-bond acceptors (Lipinski definition) is 2. The summed E-state index contributed by atoms with van der Waals surface area (Å²) in [6.45, 7) is 0. The first-order valence-electron chi connectivity index (χ1n) is 6.32. The van der Waals surface area contributed by atoms with E-state index >= 15 is 0 Å². The molecule has 96 valence electrons. The summed E-state index contributed by atoms with van der Waals surface area (Å²) in [6, 6.07) is 7.52. The van der Waals surface area contributed by atoms with Crippen LogP contribution in [0.2, 0.25) is 0 Å². The summed E-state index contributed by atoms with van der Waals surface area (Å²) in [5, 5.41) is 12.5. The van der Waals surface area contributed by atoms with Crippen LogP contribution in [0.5, 0.6) is 0 Å². The molecule has 4 heteroatoms. The molecular formula is C14H16BrFN2. The molecule has 1 aliphatic rings. The van der Waals surface area contributed by atoms with Gasteiger partial charge in [0, 0.05) is 11.7 Å². The van der Waals surface area contributed by atoms with E-state index in [2.05, 4.69) is 27.3 Å². The predicted molar refractivity (Wildman–Crippen MR) is 73.7 cm³/mol. The number of halogens is 2. The lowest BCUT2D eigenvalue weighted by atomic mass is 9.96. The minimum Gasteiger partial charge on any atom is -0.381 e. The standard InChI is InChI=1S/C14H16BrFN2/c15-12-7-6-11(8-13(12)16)18-14-5-3-1-2-4-10(14)9-17/h6-8,10,14,18H,1-5H2. The van der Waals surface area contributed by atoms with Crippen molar-refractivity contribution in [2.45, 2.75) is 38.1 Å². The fourth-order valence-corrected chi connectivity index (χ4v) is 2.68. The highest BCUT2D eigenvalue weighted by Gasteiger charge is 2.23. The van der Waals surface area contributed by atoms with Gasteiger partial charge in [-0.25, -0.2) is 4.39 Å². The highest BCUT2D eigenvalue weighted by atomic mass is 79.9. The number of anilines is 1. The van der Waals surface area contributed by atoms with E-state index in [4.69, 9.17) is 0 Å². The van der Waals surface area contributed by atoms with Crippen molar-refractivity contribution in [3.63, 3.8) is 0 Å². The summed E-state index contributed by atoms with van der Waals surface area (Å²) in [7, 11) is 0. The first-order valence-corrected chi connectivity index (χ1v) is 7.11. The van der Waals surface area contributed by atoms with Gasteiger partial charge in [-0.1, -0.05) is 19.3 Å². The summed E-state index contributed by atoms with van der Waals surface area (Å²) in [4.78, 5) is 0. The molecule has 0 aliphatic heterocycles. The van der Waals surface area contributed by atoms with Crippen molar-refractivity contribution in [1.82, 2.24) is 0 Å². The molecule has 18 heavy (non-hydrogen) atoms. The third-order valence-electron chi connectivity index (χ3n) is 3.45. The molecule has 0 radical (unpaired) electrons. The largest absolute Gasteiger partial charge is 0.381 e. The fraction of sp³-hybridized carbons (Fsp3) is 0.500. The Morgan fingerprint density at radius 2 is 2.06 bits per heavy atom. The topological polar surface area (TPSA) is 35.8 Å². The van der Waals surface area contributed by atoms with Crippen LogP contribution in [0.4, 0.5) is 10.1 Å². The third kappa shape index (κ3) is 3.23. The number of nitrogens with zero attached hydrogens (tertiary/aromatic N) is 1. The number of hydrogen-bond donors (Lipinski definition) is 1. The van der Waals surface area contributed by atoms with Crippen LogP contribution >= 0.6 is 15.9 Å². The molecule has 1 N–H and O–H groups in total. The summed E-state index contributed by atoms with van der Waals surface area (Å²) in [5.41, 5.74) is 0.753. The Bertz CT molecular complexity index is 456. The van der Waals surface area contributed by atoms with Gasteiger partial charge in [-0.15, -0.1) is 0 Å². The van der Waals surface area contributed by atoms with E-state index in [0.29, 0.717) is 4.47 Å². The minimum atomic E-state index is -0.276. The third-order valence-corrected chi connectivity index (χ3v) is 4.10. The lowest BCUT2D eigenvalue weighted by Crippen LogP contribution is -2.27. The minimum absolute atomic E-state index is 0.0270. The van der Waals surface area contributed by atoms with Crippen molar-refractivity contribution in [3.8, 4) is 6.07 Å². The quantitative estimate of drug-likeness (QED) is 0.818. The van der Waals surface area contributed by atoms with Crippen molar-refractivity contribution in [2.75, 3.05) is 5.32 Å². The van der Waals surface area contributed by atoms with Gasteiger partial charge in [0.05, 0.1) is 16.5 Å². The average molecular weight is 311 g/mol. The highest BCUT2D eigenvalue weighted by molar-refractivity contribution is 9.10. The Labute approximate surface area is 115 Å². The first-order chi connectivity index (χ1) is 8.70. The van der Waals surface area contributed by atoms with Gasteiger partial charge < -0.3 is 5.32 Å². The molecule has 1 saturated carbocycles. The second kappa shape index (κ2) is 6.19. The zero-order valence-corrected chi connectivity index (χ0v) is 11.7. The molecule has 2 nitrogen and oxygen atoms in total. The van der Waals surface area contributed by atoms with Crippen LogP contribution in [-0.2, 0) is 0 Å². The molecule has 1 aromatic rings. The first kappa shape index (κ1) is 13.4. The maximum Gasteiger partial charge on any atom is 0.139 e. The van der Waals surface area contributed by atoms with Crippen molar-refractivity contribution >= 4 is 21.6 Å². The molecule has 0 spiro atoms. The molecule has 2 atom stereocenters. The van der Waals surface area contributed by atoms with Crippen LogP contribution in [-0.4, -0.2) is 6.04 Å². The van der Waals surface area contributed by atoms with Crippen LogP contribution in [0.15, 0.2) is 22.7 Å². The Morgan fingerprint density at radius 3 is 2.78 bits per heavy atom. The molecule has 0 aromatic heterocycles. The summed E-state index contributed by atoms with van der Waals surface area (Å²) < 4.78 is 13.9. The molecule has 0 bridgehead atoms. The Morgan fingerprint density at radius 1 is 1.28 bits per heavy atom. The SMILES string of the molecule is N#CC1CCCCCC1Nc1ccc(Br)c(F)c1. The molecule has 1 aliphatic carbocycles. The van der Waals surface area contributed by atoms with Gasteiger partial charge in [-0.05, 0) is 47.0 Å². The van der Waals surface area contributed by atoms with Crippen molar-refractivity contribution in [2.24, 2.45) is 5.92 Å². The zero-order chi connectivity index (χ0) is 13.0. The van der Waals surface area contributed by atoms with Crippen LogP contribution in [0.25, 0.3) is 0 Å². The molecule has 0 saturated heterocycles. The van der Waals surface area contributed by atoms with E-state index in [-0.39, 0.29) is 17.8 Å².